The number of benzene rings is 2. The van der Waals surface area contributed by atoms with Crippen LogP contribution in [0.5, 0.6) is 5.75 Å². The zero-order chi connectivity index (χ0) is 23.2. The molecule has 0 spiro atoms. The molecule has 2 amide bonds. The van der Waals surface area contributed by atoms with Crippen molar-refractivity contribution in [2.24, 2.45) is 0 Å². The highest BCUT2D eigenvalue weighted by molar-refractivity contribution is 9.10. The molecule has 2 fully saturated rings. The zero-order valence-corrected chi connectivity index (χ0v) is 20.7. The van der Waals surface area contributed by atoms with Crippen LogP contribution < -0.4 is 15.4 Å². The summed E-state index contributed by atoms with van der Waals surface area (Å²) in [5, 5.41) is 6.28. The van der Waals surface area contributed by atoms with Crippen LogP contribution in [0.2, 0.25) is 5.02 Å². The van der Waals surface area contributed by atoms with E-state index in [4.69, 9.17) is 21.1 Å². The molecule has 1 unspecified atom stereocenters. The molecule has 2 aromatic carbocycles. The Balaban J connectivity index is 1.38. The maximum absolute atomic E-state index is 12.8. The molecule has 1 saturated heterocycles. The van der Waals surface area contributed by atoms with Gasteiger partial charge in [0.05, 0.1) is 21.2 Å². The molecule has 1 atom stereocenters. The van der Waals surface area contributed by atoms with Crippen LogP contribution in [0.3, 0.4) is 0 Å². The van der Waals surface area contributed by atoms with E-state index in [0.717, 1.165) is 45.1 Å². The summed E-state index contributed by atoms with van der Waals surface area (Å²) < 4.78 is 12.1. The highest BCUT2D eigenvalue weighted by Crippen LogP contribution is 2.28. The normalized spacial score (nSPS) is 18.7. The fourth-order valence-electron chi connectivity index (χ4n) is 4.21. The summed E-state index contributed by atoms with van der Waals surface area (Å²) in [6.45, 7) is 1.27. The Morgan fingerprint density at radius 3 is 2.58 bits per heavy atom. The average molecular weight is 536 g/mol. The fraction of sp³-hybridized carbons (Fsp3) is 0.440. The van der Waals surface area contributed by atoms with Crippen LogP contribution in [-0.2, 0) is 4.74 Å². The highest BCUT2D eigenvalue weighted by atomic mass is 79.9. The predicted octanol–water partition coefficient (Wildman–Crippen LogP) is 5.98. The van der Waals surface area contributed by atoms with Crippen molar-refractivity contribution < 1.29 is 19.1 Å². The van der Waals surface area contributed by atoms with Crippen LogP contribution in [0.4, 0.5) is 5.69 Å². The molecule has 1 saturated carbocycles. The molecule has 6 nitrogen and oxygen atoms in total. The minimum atomic E-state index is -0.290. The van der Waals surface area contributed by atoms with Crippen molar-refractivity contribution in [3.05, 3.63) is 57.0 Å². The molecule has 1 aliphatic carbocycles. The van der Waals surface area contributed by atoms with Crippen molar-refractivity contribution in [2.45, 2.75) is 57.1 Å². The lowest BCUT2D eigenvalue weighted by molar-refractivity contribution is 0.0677. The van der Waals surface area contributed by atoms with Crippen molar-refractivity contribution in [2.75, 3.05) is 18.5 Å². The number of ether oxygens (including phenoxy) is 2. The molecule has 2 aromatic rings. The van der Waals surface area contributed by atoms with Crippen LogP contribution in [0.1, 0.15) is 65.7 Å². The van der Waals surface area contributed by atoms with E-state index in [9.17, 15) is 9.59 Å². The molecule has 33 heavy (non-hydrogen) atoms. The molecule has 0 radical (unpaired) electrons. The summed E-state index contributed by atoms with van der Waals surface area (Å²) >= 11 is 9.76. The summed E-state index contributed by atoms with van der Waals surface area (Å²) in [6.07, 6.45) is 7.62. The van der Waals surface area contributed by atoms with E-state index in [1.807, 2.05) is 0 Å². The van der Waals surface area contributed by atoms with Gasteiger partial charge >= 0.3 is 0 Å². The first kappa shape index (κ1) is 24.0. The standard InChI is InChI=1S/C25H28BrClN2O4/c26-21-13-16(8-11-23(21)33-15-19-7-4-12-32-19)24(30)29-18-9-10-22(27)20(14-18)25(31)28-17-5-2-1-3-6-17/h8-11,13-14,17,19H,1-7,12,15H2,(H,28,31)(H,29,30). The maximum atomic E-state index is 12.8. The first-order valence-corrected chi connectivity index (χ1v) is 12.6. The SMILES string of the molecule is O=C(Nc1ccc(Cl)c(C(=O)NC2CCCCC2)c1)c1ccc(OCC2CCCO2)c(Br)c1. The van der Waals surface area contributed by atoms with E-state index in [2.05, 4.69) is 26.6 Å². The van der Waals surface area contributed by atoms with Gasteiger partial charge in [0.2, 0.25) is 0 Å². The van der Waals surface area contributed by atoms with E-state index in [0.29, 0.717) is 38.7 Å². The largest absolute Gasteiger partial charge is 0.490 e. The molecular weight excluding hydrogens is 508 g/mol. The molecule has 176 valence electrons. The van der Waals surface area contributed by atoms with Crippen molar-refractivity contribution in [3.63, 3.8) is 0 Å². The summed E-state index contributed by atoms with van der Waals surface area (Å²) in [5.41, 5.74) is 1.33. The predicted molar refractivity (Wildman–Crippen MR) is 132 cm³/mol. The molecule has 4 rings (SSSR count). The molecule has 8 heteroatoms. The Hall–Kier alpha value is -2.09. The van der Waals surface area contributed by atoms with Gasteiger partial charge in [-0.15, -0.1) is 0 Å². The molecule has 2 aliphatic rings. The van der Waals surface area contributed by atoms with E-state index in [1.54, 1.807) is 36.4 Å². The number of anilines is 1. The third-order valence-electron chi connectivity index (χ3n) is 6.05. The Bertz CT molecular complexity index is 1000. The van der Waals surface area contributed by atoms with Gasteiger partial charge in [-0.2, -0.15) is 0 Å². The number of nitrogens with one attached hydrogen (secondary N) is 2. The minimum Gasteiger partial charge on any atom is -0.490 e. The molecule has 1 heterocycles. The fourth-order valence-corrected chi connectivity index (χ4v) is 4.90. The Morgan fingerprint density at radius 1 is 1.03 bits per heavy atom. The van der Waals surface area contributed by atoms with Crippen LogP contribution in [0.15, 0.2) is 40.9 Å². The van der Waals surface area contributed by atoms with Crippen LogP contribution in [0, 0.1) is 0 Å². The van der Waals surface area contributed by atoms with E-state index in [1.165, 1.54) is 6.42 Å². The van der Waals surface area contributed by atoms with Gasteiger partial charge in [0.25, 0.3) is 11.8 Å². The molecule has 0 aromatic heterocycles. The zero-order valence-electron chi connectivity index (χ0n) is 18.4. The second-order valence-electron chi connectivity index (χ2n) is 8.55. The summed E-state index contributed by atoms with van der Waals surface area (Å²) in [4.78, 5) is 25.5. The van der Waals surface area contributed by atoms with Gasteiger partial charge in [-0.05, 0) is 78.0 Å². The third kappa shape index (κ3) is 6.49. The van der Waals surface area contributed by atoms with Crippen molar-refractivity contribution in [1.29, 1.82) is 0 Å². The second kappa shape index (κ2) is 11.4. The number of amides is 2. The van der Waals surface area contributed by atoms with Gasteiger partial charge in [-0.3, -0.25) is 9.59 Å². The smallest absolute Gasteiger partial charge is 0.255 e. The summed E-state index contributed by atoms with van der Waals surface area (Å²) in [5.74, 6) is 0.163. The molecule has 1 aliphatic heterocycles. The van der Waals surface area contributed by atoms with E-state index < -0.39 is 0 Å². The monoisotopic (exact) mass is 534 g/mol. The lowest BCUT2D eigenvalue weighted by atomic mass is 9.95. The quantitative estimate of drug-likeness (QED) is 0.458. The van der Waals surface area contributed by atoms with Gasteiger partial charge in [-0.1, -0.05) is 30.9 Å². The van der Waals surface area contributed by atoms with Crippen molar-refractivity contribution in [3.8, 4) is 5.75 Å². The lowest BCUT2D eigenvalue weighted by Gasteiger charge is -2.23. The van der Waals surface area contributed by atoms with Crippen molar-refractivity contribution in [1.82, 2.24) is 5.32 Å². The molecular formula is C25H28BrClN2O4. The van der Waals surface area contributed by atoms with Gasteiger partial charge < -0.3 is 20.1 Å². The number of halogens is 2. The first-order chi connectivity index (χ1) is 16.0. The summed E-state index contributed by atoms with van der Waals surface area (Å²) in [6, 6.07) is 10.3. The summed E-state index contributed by atoms with van der Waals surface area (Å²) in [7, 11) is 0. The lowest BCUT2D eigenvalue weighted by Crippen LogP contribution is -2.36. The topological polar surface area (TPSA) is 76.7 Å². The Labute approximate surface area is 207 Å². The van der Waals surface area contributed by atoms with Gasteiger partial charge in [0.15, 0.2) is 0 Å². The van der Waals surface area contributed by atoms with E-state index >= 15 is 0 Å². The maximum Gasteiger partial charge on any atom is 0.255 e. The first-order valence-electron chi connectivity index (χ1n) is 11.5. The van der Waals surface area contributed by atoms with Crippen LogP contribution in [-0.4, -0.2) is 37.2 Å². The Morgan fingerprint density at radius 2 is 1.85 bits per heavy atom. The van der Waals surface area contributed by atoms with Gasteiger partial charge in [-0.25, -0.2) is 0 Å². The number of rotatable bonds is 7. The van der Waals surface area contributed by atoms with Crippen LogP contribution >= 0.6 is 27.5 Å². The number of carbonyl (C=O) groups is 2. The average Bonchev–Trinajstić information content (AvgIpc) is 3.34. The number of hydrogen-bond acceptors (Lipinski definition) is 4. The second-order valence-corrected chi connectivity index (χ2v) is 9.81. The van der Waals surface area contributed by atoms with Gasteiger partial charge in [0, 0.05) is 23.9 Å². The number of hydrogen-bond donors (Lipinski definition) is 2. The molecule has 2 N–H and O–H groups in total. The van der Waals surface area contributed by atoms with E-state index in [-0.39, 0.29) is 24.0 Å². The number of carbonyl (C=O) groups excluding carboxylic acids is 2. The minimum absolute atomic E-state index is 0.120. The third-order valence-corrected chi connectivity index (χ3v) is 7.00. The van der Waals surface area contributed by atoms with Crippen molar-refractivity contribution >= 4 is 45.0 Å². The van der Waals surface area contributed by atoms with Gasteiger partial charge in [0.1, 0.15) is 12.4 Å². The molecule has 0 bridgehead atoms. The Kier molecular flexibility index (Phi) is 8.28. The van der Waals surface area contributed by atoms with Crippen LogP contribution in [0.25, 0.3) is 0 Å². The highest BCUT2D eigenvalue weighted by Gasteiger charge is 2.20.